The molecule has 0 saturated carbocycles. The van der Waals surface area contributed by atoms with Gasteiger partial charge in [0.25, 0.3) is 5.91 Å². The zero-order chi connectivity index (χ0) is 15.2. The van der Waals surface area contributed by atoms with Gasteiger partial charge >= 0.3 is 0 Å². The SMILES string of the molecule is CCCCNC(=O)c1cc(Nc2cc(C)on2)nc(C)n1. The second-order valence-electron chi connectivity index (χ2n) is 4.74. The Labute approximate surface area is 123 Å². The molecule has 21 heavy (non-hydrogen) atoms. The third-order valence-electron chi connectivity index (χ3n) is 2.77. The minimum Gasteiger partial charge on any atom is -0.360 e. The van der Waals surface area contributed by atoms with Crippen LogP contribution in [0.1, 0.15) is 41.8 Å². The van der Waals surface area contributed by atoms with Crippen LogP contribution in [0, 0.1) is 13.8 Å². The van der Waals surface area contributed by atoms with Gasteiger partial charge in [0.15, 0.2) is 5.82 Å². The Bertz CT molecular complexity index is 624. The first kappa shape index (κ1) is 15.0. The highest BCUT2D eigenvalue weighted by molar-refractivity contribution is 5.93. The molecule has 0 aromatic carbocycles. The van der Waals surface area contributed by atoms with Gasteiger partial charge in [0.2, 0.25) is 0 Å². The number of aryl methyl sites for hydroxylation is 2. The molecule has 7 nitrogen and oxygen atoms in total. The summed E-state index contributed by atoms with van der Waals surface area (Å²) in [7, 11) is 0. The molecule has 2 rings (SSSR count). The van der Waals surface area contributed by atoms with Crippen molar-refractivity contribution in [3.8, 4) is 0 Å². The average Bonchev–Trinajstić information content (AvgIpc) is 2.83. The number of nitrogens with zero attached hydrogens (tertiary/aromatic N) is 3. The standard InChI is InChI=1S/C14H19N5O2/c1-4-5-6-15-14(20)11-8-12(17-10(3)16-11)18-13-7-9(2)21-19-13/h7-8H,4-6H2,1-3H3,(H,15,20)(H,16,17,18,19). The summed E-state index contributed by atoms with van der Waals surface area (Å²) in [6.07, 6.45) is 1.97. The van der Waals surface area contributed by atoms with Crippen LogP contribution >= 0.6 is 0 Å². The number of rotatable bonds is 6. The molecule has 2 heterocycles. The van der Waals surface area contributed by atoms with Gasteiger partial charge in [-0.25, -0.2) is 9.97 Å². The average molecular weight is 289 g/mol. The molecule has 2 N–H and O–H groups in total. The van der Waals surface area contributed by atoms with Crippen molar-refractivity contribution in [3.63, 3.8) is 0 Å². The largest absolute Gasteiger partial charge is 0.360 e. The van der Waals surface area contributed by atoms with Crippen molar-refractivity contribution in [3.05, 3.63) is 29.4 Å². The quantitative estimate of drug-likeness (QED) is 0.793. The zero-order valence-corrected chi connectivity index (χ0v) is 12.4. The molecule has 2 aromatic heterocycles. The van der Waals surface area contributed by atoms with Crippen molar-refractivity contribution in [1.29, 1.82) is 0 Å². The summed E-state index contributed by atoms with van der Waals surface area (Å²) < 4.78 is 4.97. The summed E-state index contributed by atoms with van der Waals surface area (Å²) in [5, 5.41) is 9.65. The zero-order valence-electron chi connectivity index (χ0n) is 12.4. The fraction of sp³-hybridized carbons (Fsp3) is 0.429. The second-order valence-corrected chi connectivity index (χ2v) is 4.74. The first-order valence-electron chi connectivity index (χ1n) is 6.92. The molecule has 1 amide bonds. The van der Waals surface area contributed by atoms with E-state index in [2.05, 4.69) is 32.7 Å². The maximum Gasteiger partial charge on any atom is 0.270 e. The van der Waals surface area contributed by atoms with Crippen LogP contribution in [-0.4, -0.2) is 27.6 Å². The molecule has 7 heteroatoms. The van der Waals surface area contributed by atoms with Gasteiger partial charge in [-0.05, 0) is 20.3 Å². The predicted octanol–water partition coefficient (Wildman–Crippen LogP) is 2.35. The number of hydrogen-bond acceptors (Lipinski definition) is 6. The number of aromatic nitrogens is 3. The van der Waals surface area contributed by atoms with Crippen LogP contribution in [0.2, 0.25) is 0 Å². The van der Waals surface area contributed by atoms with Crippen LogP contribution in [0.3, 0.4) is 0 Å². The third kappa shape index (κ3) is 4.27. The van der Waals surface area contributed by atoms with E-state index in [1.807, 2.05) is 0 Å². The molecule has 0 unspecified atom stereocenters. The highest BCUT2D eigenvalue weighted by Crippen LogP contribution is 2.15. The van der Waals surface area contributed by atoms with Crippen molar-refractivity contribution >= 4 is 17.5 Å². The number of unbranched alkanes of at least 4 members (excludes halogenated alkanes) is 1. The summed E-state index contributed by atoms with van der Waals surface area (Å²) in [5.74, 6) is 2.06. The Morgan fingerprint density at radius 1 is 1.24 bits per heavy atom. The Balaban J connectivity index is 2.11. The molecule has 0 fully saturated rings. The van der Waals surface area contributed by atoms with E-state index in [4.69, 9.17) is 4.52 Å². The second kappa shape index (κ2) is 6.83. The van der Waals surface area contributed by atoms with Gasteiger partial charge in [-0.1, -0.05) is 18.5 Å². The van der Waals surface area contributed by atoms with Crippen molar-refractivity contribution in [2.45, 2.75) is 33.6 Å². The first-order chi connectivity index (χ1) is 10.1. The number of carbonyl (C=O) groups is 1. The van der Waals surface area contributed by atoms with E-state index in [0.29, 0.717) is 35.5 Å². The van der Waals surface area contributed by atoms with Gasteiger partial charge in [0.1, 0.15) is 23.1 Å². The predicted molar refractivity (Wildman–Crippen MR) is 78.5 cm³/mol. The molecule has 0 saturated heterocycles. The Morgan fingerprint density at radius 3 is 2.71 bits per heavy atom. The van der Waals surface area contributed by atoms with Gasteiger partial charge in [-0.15, -0.1) is 0 Å². The van der Waals surface area contributed by atoms with Gasteiger partial charge in [0, 0.05) is 18.7 Å². The van der Waals surface area contributed by atoms with Crippen LogP contribution in [-0.2, 0) is 0 Å². The number of amides is 1. The van der Waals surface area contributed by atoms with Gasteiger partial charge in [-0.3, -0.25) is 4.79 Å². The molecule has 0 spiro atoms. The summed E-state index contributed by atoms with van der Waals surface area (Å²) in [6, 6.07) is 3.34. The lowest BCUT2D eigenvalue weighted by Gasteiger charge is -2.07. The minimum atomic E-state index is -0.201. The van der Waals surface area contributed by atoms with Crippen molar-refractivity contribution in [2.75, 3.05) is 11.9 Å². The van der Waals surface area contributed by atoms with E-state index in [1.54, 1.807) is 26.0 Å². The number of carbonyl (C=O) groups excluding carboxylic acids is 1. The van der Waals surface area contributed by atoms with Crippen LogP contribution in [0.25, 0.3) is 0 Å². The molecule has 0 radical (unpaired) electrons. The third-order valence-corrected chi connectivity index (χ3v) is 2.77. The Morgan fingerprint density at radius 2 is 2.05 bits per heavy atom. The van der Waals surface area contributed by atoms with Crippen molar-refractivity contribution < 1.29 is 9.32 Å². The van der Waals surface area contributed by atoms with Gasteiger partial charge < -0.3 is 15.2 Å². The maximum absolute atomic E-state index is 12.0. The van der Waals surface area contributed by atoms with Crippen LogP contribution in [0.5, 0.6) is 0 Å². The summed E-state index contributed by atoms with van der Waals surface area (Å²) in [5.41, 5.74) is 0.335. The summed E-state index contributed by atoms with van der Waals surface area (Å²) in [6.45, 7) is 6.25. The first-order valence-corrected chi connectivity index (χ1v) is 6.92. The molecule has 0 bridgehead atoms. The van der Waals surface area contributed by atoms with E-state index in [0.717, 1.165) is 12.8 Å². The van der Waals surface area contributed by atoms with E-state index in [1.165, 1.54) is 0 Å². The van der Waals surface area contributed by atoms with Crippen molar-refractivity contribution in [1.82, 2.24) is 20.4 Å². The van der Waals surface area contributed by atoms with Crippen molar-refractivity contribution in [2.24, 2.45) is 0 Å². The number of anilines is 2. The molecule has 0 aliphatic rings. The maximum atomic E-state index is 12.0. The van der Waals surface area contributed by atoms with Gasteiger partial charge in [-0.2, -0.15) is 0 Å². The lowest BCUT2D eigenvalue weighted by molar-refractivity contribution is 0.0948. The smallest absolute Gasteiger partial charge is 0.270 e. The molecule has 2 aromatic rings. The molecule has 0 aliphatic carbocycles. The molecule has 0 aliphatic heterocycles. The molecular formula is C14H19N5O2. The molecule has 0 atom stereocenters. The fourth-order valence-corrected chi connectivity index (χ4v) is 1.77. The van der Waals surface area contributed by atoms with E-state index < -0.39 is 0 Å². The summed E-state index contributed by atoms with van der Waals surface area (Å²) >= 11 is 0. The highest BCUT2D eigenvalue weighted by atomic mass is 16.5. The normalized spacial score (nSPS) is 10.4. The van der Waals surface area contributed by atoms with E-state index >= 15 is 0 Å². The highest BCUT2D eigenvalue weighted by Gasteiger charge is 2.11. The van der Waals surface area contributed by atoms with E-state index in [9.17, 15) is 4.79 Å². The lowest BCUT2D eigenvalue weighted by atomic mass is 10.3. The lowest BCUT2D eigenvalue weighted by Crippen LogP contribution is -2.25. The Kier molecular flexibility index (Phi) is 4.86. The number of nitrogens with one attached hydrogen (secondary N) is 2. The van der Waals surface area contributed by atoms with Gasteiger partial charge in [0.05, 0.1) is 0 Å². The monoisotopic (exact) mass is 289 g/mol. The fourth-order valence-electron chi connectivity index (χ4n) is 1.77. The minimum absolute atomic E-state index is 0.201. The van der Waals surface area contributed by atoms with Crippen LogP contribution in [0.4, 0.5) is 11.6 Å². The van der Waals surface area contributed by atoms with E-state index in [-0.39, 0.29) is 5.91 Å². The topological polar surface area (TPSA) is 92.9 Å². The van der Waals surface area contributed by atoms with Crippen LogP contribution in [0.15, 0.2) is 16.7 Å². The molecular weight excluding hydrogens is 270 g/mol. The van der Waals surface area contributed by atoms with Crippen LogP contribution < -0.4 is 10.6 Å². The summed E-state index contributed by atoms with van der Waals surface area (Å²) in [4.78, 5) is 20.4. The Hall–Kier alpha value is -2.44. The molecule has 112 valence electrons. The number of hydrogen-bond donors (Lipinski definition) is 2.